The monoisotopic (exact) mass is 314 g/mol. The van der Waals surface area contributed by atoms with E-state index in [4.69, 9.17) is 0 Å². The summed E-state index contributed by atoms with van der Waals surface area (Å²) in [5.41, 5.74) is 4.13. The first-order valence-corrected chi connectivity index (χ1v) is 8.36. The maximum absolute atomic E-state index is 4.18. The van der Waals surface area contributed by atoms with E-state index in [0.717, 1.165) is 38.5 Å². The van der Waals surface area contributed by atoms with Crippen molar-refractivity contribution in [2.24, 2.45) is 0 Å². The van der Waals surface area contributed by atoms with Gasteiger partial charge in [0.2, 0.25) is 0 Å². The van der Waals surface area contributed by atoms with Gasteiger partial charge in [-0.1, -0.05) is 12.1 Å². The van der Waals surface area contributed by atoms with Crippen LogP contribution < -0.4 is 4.90 Å². The third-order valence-electron chi connectivity index (χ3n) is 4.70. The van der Waals surface area contributed by atoms with Gasteiger partial charge < -0.3 is 4.90 Å². The standard InChI is InChI=1S/C17H26N6/c1-13(2)23-17(18-19-20-23)12-21-8-10-22(11-9-21)16-7-5-6-14(3)15(16)4/h5-7,13H,8-12H2,1-4H3. The molecule has 1 saturated heterocycles. The second-order valence-electron chi connectivity index (χ2n) is 6.62. The van der Waals surface area contributed by atoms with Crippen LogP contribution >= 0.6 is 0 Å². The van der Waals surface area contributed by atoms with Gasteiger partial charge in [0, 0.05) is 31.9 Å². The maximum atomic E-state index is 4.18. The van der Waals surface area contributed by atoms with Crippen LogP contribution in [0.2, 0.25) is 0 Å². The van der Waals surface area contributed by atoms with Gasteiger partial charge in [-0.25, -0.2) is 4.68 Å². The Morgan fingerprint density at radius 3 is 2.52 bits per heavy atom. The van der Waals surface area contributed by atoms with Gasteiger partial charge in [-0.3, -0.25) is 4.90 Å². The molecule has 2 aromatic rings. The molecule has 0 N–H and O–H groups in total. The Morgan fingerprint density at radius 1 is 1.09 bits per heavy atom. The molecule has 3 rings (SSSR count). The van der Waals surface area contributed by atoms with Crippen LogP contribution in [0.3, 0.4) is 0 Å². The fourth-order valence-corrected chi connectivity index (χ4v) is 3.14. The summed E-state index contributed by atoms with van der Waals surface area (Å²) in [4.78, 5) is 4.93. The normalized spacial score (nSPS) is 16.3. The zero-order valence-electron chi connectivity index (χ0n) is 14.5. The maximum Gasteiger partial charge on any atom is 0.165 e. The first-order chi connectivity index (χ1) is 11.1. The van der Waals surface area contributed by atoms with E-state index in [-0.39, 0.29) is 0 Å². The van der Waals surface area contributed by atoms with Gasteiger partial charge in [-0.05, 0) is 55.3 Å². The van der Waals surface area contributed by atoms with E-state index in [0.29, 0.717) is 6.04 Å². The summed E-state index contributed by atoms with van der Waals surface area (Å²) in [6.07, 6.45) is 0. The average Bonchev–Trinajstić information content (AvgIpc) is 2.99. The van der Waals surface area contributed by atoms with Crippen molar-refractivity contribution in [3.8, 4) is 0 Å². The highest BCUT2D eigenvalue weighted by Crippen LogP contribution is 2.24. The van der Waals surface area contributed by atoms with Gasteiger partial charge in [0.05, 0.1) is 12.6 Å². The summed E-state index contributed by atoms with van der Waals surface area (Å²) >= 11 is 0. The largest absolute Gasteiger partial charge is 0.369 e. The minimum absolute atomic E-state index is 0.302. The molecule has 23 heavy (non-hydrogen) atoms. The Balaban J connectivity index is 1.62. The smallest absolute Gasteiger partial charge is 0.165 e. The number of tetrazole rings is 1. The van der Waals surface area contributed by atoms with Crippen LogP contribution in [-0.4, -0.2) is 51.3 Å². The van der Waals surface area contributed by atoms with Crippen molar-refractivity contribution in [1.82, 2.24) is 25.1 Å². The molecular weight excluding hydrogens is 288 g/mol. The number of aryl methyl sites for hydroxylation is 1. The molecule has 0 bridgehead atoms. The number of hydrogen-bond donors (Lipinski definition) is 0. The molecule has 0 spiro atoms. The zero-order valence-corrected chi connectivity index (χ0v) is 14.5. The molecule has 1 aliphatic heterocycles. The number of anilines is 1. The Labute approximate surface area is 138 Å². The van der Waals surface area contributed by atoms with Gasteiger partial charge in [-0.15, -0.1) is 5.10 Å². The third kappa shape index (κ3) is 3.37. The van der Waals surface area contributed by atoms with E-state index in [9.17, 15) is 0 Å². The molecule has 0 atom stereocenters. The lowest BCUT2D eigenvalue weighted by Crippen LogP contribution is -2.46. The van der Waals surface area contributed by atoms with Gasteiger partial charge in [0.25, 0.3) is 0 Å². The minimum Gasteiger partial charge on any atom is -0.369 e. The van der Waals surface area contributed by atoms with Gasteiger partial charge in [0.1, 0.15) is 0 Å². The summed E-state index contributed by atoms with van der Waals surface area (Å²) in [5, 5.41) is 12.1. The molecule has 0 amide bonds. The molecule has 1 aromatic carbocycles. The van der Waals surface area contributed by atoms with E-state index < -0.39 is 0 Å². The highest BCUT2D eigenvalue weighted by Gasteiger charge is 2.21. The van der Waals surface area contributed by atoms with Crippen LogP contribution in [0.15, 0.2) is 18.2 Å². The molecule has 1 aliphatic rings. The van der Waals surface area contributed by atoms with Crippen molar-refractivity contribution in [1.29, 1.82) is 0 Å². The molecule has 0 saturated carbocycles. The number of piperazine rings is 1. The highest BCUT2D eigenvalue weighted by molar-refractivity contribution is 5.56. The second-order valence-corrected chi connectivity index (χ2v) is 6.62. The molecule has 0 aliphatic carbocycles. The average molecular weight is 314 g/mol. The van der Waals surface area contributed by atoms with Crippen LogP contribution in [-0.2, 0) is 6.54 Å². The highest BCUT2D eigenvalue weighted by atomic mass is 15.6. The molecule has 0 radical (unpaired) electrons. The molecule has 1 aromatic heterocycles. The fraction of sp³-hybridized carbons (Fsp3) is 0.588. The summed E-state index contributed by atoms with van der Waals surface area (Å²) < 4.78 is 1.91. The molecular formula is C17H26N6. The molecule has 2 heterocycles. The predicted molar refractivity (Wildman–Crippen MR) is 91.6 cm³/mol. The summed E-state index contributed by atoms with van der Waals surface area (Å²) in [6.45, 7) is 13.6. The first-order valence-electron chi connectivity index (χ1n) is 8.36. The van der Waals surface area contributed by atoms with Crippen molar-refractivity contribution >= 4 is 5.69 Å². The van der Waals surface area contributed by atoms with Gasteiger partial charge in [0.15, 0.2) is 5.82 Å². The molecule has 0 unspecified atom stereocenters. The molecule has 1 fully saturated rings. The zero-order chi connectivity index (χ0) is 16.4. The van der Waals surface area contributed by atoms with Crippen molar-refractivity contribution in [3.05, 3.63) is 35.2 Å². The van der Waals surface area contributed by atoms with E-state index in [2.05, 4.69) is 71.2 Å². The Bertz CT molecular complexity index is 655. The van der Waals surface area contributed by atoms with Crippen LogP contribution in [0.25, 0.3) is 0 Å². The van der Waals surface area contributed by atoms with E-state index in [1.165, 1.54) is 16.8 Å². The topological polar surface area (TPSA) is 50.1 Å². The molecule has 6 heteroatoms. The number of hydrogen-bond acceptors (Lipinski definition) is 5. The SMILES string of the molecule is Cc1cccc(N2CCN(Cc3nnnn3C(C)C)CC2)c1C. The number of nitrogens with zero attached hydrogens (tertiary/aromatic N) is 6. The minimum atomic E-state index is 0.302. The van der Waals surface area contributed by atoms with E-state index in [1.54, 1.807) is 0 Å². The Morgan fingerprint density at radius 2 is 1.83 bits per heavy atom. The lowest BCUT2D eigenvalue weighted by molar-refractivity contribution is 0.237. The fourth-order valence-electron chi connectivity index (χ4n) is 3.14. The Kier molecular flexibility index (Phi) is 4.61. The third-order valence-corrected chi connectivity index (χ3v) is 4.70. The number of rotatable bonds is 4. The van der Waals surface area contributed by atoms with Crippen molar-refractivity contribution < 1.29 is 0 Å². The van der Waals surface area contributed by atoms with Gasteiger partial charge >= 0.3 is 0 Å². The summed E-state index contributed by atoms with van der Waals surface area (Å²) in [7, 11) is 0. The van der Waals surface area contributed by atoms with E-state index >= 15 is 0 Å². The van der Waals surface area contributed by atoms with Crippen LogP contribution in [0.5, 0.6) is 0 Å². The number of aromatic nitrogens is 4. The summed E-state index contributed by atoms with van der Waals surface area (Å²) in [5.74, 6) is 0.959. The van der Waals surface area contributed by atoms with Gasteiger partial charge in [-0.2, -0.15) is 0 Å². The van der Waals surface area contributed by atoms with Crippen molar-refractivity contribution in [3.63, 3.8) is 0 Å². The lowest BCUT2D eigenvalue weighted by atomic mass is 10.1. The van der Waals surface area contributed by atoms with Crippen LogP contribution in [0, 0.1) is 13.8 Å². The van der Waals surface area contributed by atoms with Crippen LogP contribution in [0.4, 0.5) is 5.69 Å². The van der Waals surface area contributed by atoms with Crippen molar-refractivity contribution in [2.75, 3.05) is 31.1 Å². The quantitative estimate of drug-likeness (QED) is 0.866. The van der Waals surface area contributed by atoms with Crippen LogP contribution in [0.1, 0.15) is 36.8 Å². The molecule has 6 nitrogen and oxygen atoms in total. The second kappa shape index (κ2) is 6.66. The summed E-state index contributed by atoms with van der Waals surface area (Å²) in [6, 6.07) is 6.87. The lowest BCUT2D eigenvalue weighted by Gasteiger charge is -2.36. The molecule has 124 valence electrons. The number of benzene rings is 1. The first kappa shape index (κ1) is 15.9. The van der Waals surface area contributed by atoms with E-state index in [1.807, 2.05) is 4.68 Å². The van der Waals surface area contributed by atoms with Crippen molar-refractivity contribution in [2.45, 2.75) is 40.3 Å². The predicted octanol–water partition coefficient (Wildman–Crippen LogP) is 2.19. The Hall–Kier alpha value is -1.95.